The van der Waals surface area contributed by atoms with Crippen molar-refractivity contribution in [3.8, 4) is 0 Å². The zero-order valence-corrected chi connectivity index (χ0v) is 23.9. The Bertz CT molecular complexity index is 750. The lowest BCUT2D eigenvalue weighted by Crippen LogP contribution is -2.68. The van der Waals surface area contributed by atoms with Crippen molar-refractivity contribution in [1.82, 2.24) is 0 Å². The molecule has 0 aromatic rings. The molecular formula is C28H50O9. The Kier molecular flexibility index (Phi) is 12.0. The Balaban J connectivity index is 2.48. The molecule has 0 aromatic carbocycles. The third kappa shape index (κ3) is 7.53. The zero-order chi connectivity index (χ0) is 28.0. The molecule has 2 aliphatic heterocycles. The van der Waals surface area contributed by atoms with Crippen LogP contribution in [0.25, 0.3) is 0 Å². The van der Waals surface area contributed by atoms with Crippen LogP contribution in [0, 0.1) is 17.3 Å². The second-order valence-corrected chi connectivity index (χ2v) is 11.5. The summed E-state index contributed by atoms with van der Waals surface area (Å²) in [5, 5.41) is 33.1. The van der Waals surface area contributed by atoms with Gasteiger partial charge in [-0.3, -0.25) is 4.79 Å². The van der Waals surface area contributed by atoms with Gasteiger partial charge < -0.3 is 39.0 Å². The van der Waals surface area contributed by atoms with Gasteiger partial charge >= 0.3 is 5.97 Å². The highest BCUT2D eigenvalue weighted by Gasteiger charge is 2.61. The number of esters is 1. The maximum Gasteiger partial charge on any atom is 0.309 e. The van der Waals surface area contributed by atoms with Crippen LogP contribution < -0.4 is 0 Å². The Morgan fingerprint density at radius 1 is 1.14 bits per heavy atom. The molecule has 3 N–H and O–H groups in total. The SMILES string of the molecule is CC[C@H](/C=C(/C)[C@@H]1C[C@@H](C)C[C@H](O)C(C)(C)[C@@]2(O)O[C@@H](C[C@@H](OC)CC(=O)O1)C[C@@H](OC)[C@H]2OC)CO. The van der Waals surface area contributed by atoms with Crippen molar-refractivity contribution in [2.24, 2.45) is 17.3 Å². The number of aliphatic hydroxyl groups is 3. The molecule has 216 valence electrons. The van der Waals surface area contributed by atoms with E-state index in [0.717, 1.165) is 12.0 Å². The van der Waals surface area contributed by atoms with Gasteiger partial charge in [-0.15, -0.1) is 0 Å². The van der Waals surface area contributed by atoms with E-state index < -0.39 is 53.8 Å². The van der Waals surface area contributed by atoms with E-state index in [0.29, 0.717) is 25.7 Å². The van der Waals surface area contributed by atoms with E-state index in [-0.39, 0.29) is 24.9 Å². The van der Waals surface area contributed by atoms with Gasteiger partial charge in [0.15, 0.2) is 0 Å². The molecule has 9 heteroatoms. The predicted molar refractivity (Wildman–Crippen MR) is 139 cm³/mol. The van der Waals surface area contributed by atoms with Crippen LogP contribution >= 0.6 is 0 Å². The number of carbonyl (C=O) groups is 1. The minimum absolute atomic E-state index is 0.0197. The van der Waals surface area contributed by atoms with Crippen LogP contribution in [0.5, 0.6) is 0 Å². The third-order valence-electron chi connectivity index (χ3n) is 8.41. The number of hydrogen-bond acceptors (Lipinski definition) is 9. The van der Waals surface area contributed by atoms with Gasteiger partial charge in [0.2, 0.25) is 5.79 Å². The quantitative estimate of drug-likeness (QED) is 0.337. The van der Waals surface area contributed by atoms with Crippen LogP contribution in [0.2, 0.25) is 0 Å². The van der Waals surface area contributed by atoms with Crippen molar-refractivity contribution >= 4 is 5.97 Å². The number of aliphatic hydroxyl groups excluding tert-OH is 2. The summed E-state index contributed by atoms with van der Waals surface area (Å²) in [4.78, 5) is 13.0. The highest BCUT2D eigenvalue weighted by atomic mass is 16.7. The van der Waals surface area contributed by atoms with E-state index >= 15 is 0 Å². The fourth-order valence-electron chi connectivity index (χ4n) is 5.63. The van der Waals surface area contributed by atoms with E-state index in [4.69, 9.17) is 23.7 Å². The molecule has 9 atom stereocenters. The van der Waals surface area contributed by atoms with Gasteiger partial charge in [-0.05, 0) is 37.7 Å². The van der Waals surface area contributed by atoms with E-state index in [2.05, 4.69) is 0 Å². The van der Waals surface area contributed by atoms with Gasteiger partial charge in [0.05, 0.1) is 30.8 Å². The van der Waals surface area contributed by atoms with Gasteiger partial charge in [0, 0.05) is 52.1 Å². The smallest absolute Gasteiger partial charge is 0.309 e. The summed E-state index contributed by atoms with van der Waals surface area (Å²) in [6, 6.07) is 0. The molecule has 0 unspecified atom stereocenters. The molecule has 2 bridgehead atoms. The molecule has 0 spiro atoms. The van der Waals surface area contributed by atoms with Crippen molar-refractivity contribution < 1.29 is 43.8 Å². The van der Waals surface area contributed by atoms with Gasteiger partial charge in [-0.25, -0.2) is 0 Å². The van der Waals surface area contributed by atoms with Crippen molar-refractivity contribution in [2.45, 2.75) is 116 Å². The summed E-state index contributed by atoms with van der Waals surface area (Å²) in [6.07, 6.45) is 0.591. The number of rotatable bonds is 7. The van der Waals surface area contributed by atoms with E-state index in [1.165, 1.54) is 14.2 Å². The van der Waals surface area contributed by atoms with Crippen LogP contribution in [-0.4, -0.2) is 91.6 Å². The molecule has 37 heavy (non-hydrogen) atoms. The highest BCUT2D eigenvalue weighted by molar-refractivity contribution is 5.70. The predicted octanol–water partition coefficient (Wildman–Crippen LogP) is 2.98. The fraction of sp³-hybridized carbons (Fsp3) is 0.893. The topological polar surface area (TPSA) is 124 Å². The number of hydrogen-bond donors (Lipinski definition) is 3. The molecule has 0 radical (unpaired) electrons. The molecule has 0 amide bonds. The molecule has 2 heterocycles. The minimum Gasteiger partial charge on any atom is -0.458 e. The summed E-state index contributed by atoms with van der Waals surface area (Å²) < 4.78 is 29.3. The Morgan fingerprint density at radius 2 is 1.81 bits per heavy atom. The van der Waals surface area contributed by atoms with Crippen molar-refractivity contribution in [2.75, 3.05) is 27.9 Å². The fourth-order valence-corrected chi connectivity index (χ4v) is 5.63. The summed E-state index contributed by atoms with van der Waals surface area (Å²) in [5.41, 5.74) is -0.247. The molecule has 0 aliphatic carbocycles. The average Bonchev–Trinajstić information content (AvgIpc) is 2.84. The first-order chi connectivity index (χ1) is 17.4. The number of ether oxygens (including phenoxy) is 5. The maximum atomic E-state index is 13.0. The molecular weight excluding hydrogens is 480 g/mol. The lowest BCUT2D eigenvalue weighted by molar-refractivity contribution is -0.382. The second kappa shape index (κ2) is 13.8. The van der Waals surface area contributed by atoms with Crippen LogP contribution in [-0.2, 0) is 28.5 Å². The van der Waals surface area contributed by atoms with Crippen LogP contribution in [0.15, 0.2) is 11.6 Å². The number of cyclic esters (lactones) is 1. The Labute approximate surface area is 222 Å². The standard InChI is InChI=1S/C28H50O9/c1-9-19(16-29)12-18(3)22-10-17(2)11-24(30)27(4,5)28(32)26(35-8)23(34-7)14-21(37-28)13-20(33-6)15-25(31)36-22/h12,17,19-24,26,29-30,32H,9-11,13-16H2,1-8H3/b18-12-/t17-,19-,20-,21+,22+,23-,24+,26-,28+/m1/s1. The monoisotopic (exact) mass is 530 g/mol. The van der Waals surface area contributed by atoms with Gasteiger partial charge in [-0.2, -0.15) is 0 Å². The lowest BCUT2D eigenvalue weighted by Gasteiger charge is -2.54. The molecule has 0 saturated carbocycles. The minimum atomic E-state index is -1.85. The van der Waals surface area contributed by atoms with Crippen LogP contribution in [0.3, 0.4) is 0 Å². The van der Waals surface area contributed by atoms with Crippen molar-refractivity contribution in [3.05, 3.63) is 11.6 Å². The van der Waals surface area contributed by atoms with E-state index in [1.807, 2.05) is 26.8 Å². The van der Waals surface area contributed by atoms with Crippen LogP contribution in [0.1, 0.15) is 73.1 Å². The second-order valence-electron chi connectivity index (χ2n) is 11.5. The normalized spacial score (nSPS) is 38.9. The lowest BCUT2D eigenvalue weighted by atomic mass is 9.69. The first-order valence-electron chi connectivity index (χ1n) is 13.5. The summed E-state index contributed by atoms with van der Waals surface area (Å²) >= 11 is 0. The largest absolute Gasteiger partial charge is 0.458 e. The maximum absolute atomic E-state index is 13.0. The first kappa shape index (κ1) is 32.1. The van der Waals surface area contributed by atoms with E-state index in [1.54, 1.807) is 21.0 Å². The third-order valence-corrected chi connectivity index (χ3v) is 8.41. The zero-order valence-electron chi connectivity index (χ0n) is 23.9. The molecule has 2 saturated heterocycles. The van der Waals surface area contributed by atoms with Crippen LogP contribution in [0.4, 0.5) is 0 Å². The first-order valence-corrected chi connectivity index (χ1v) is 13.5. The van der Waals surface area contributed by atoms with Gasteiger partial charge in [0.1, 0.15) is 12.2 Å². The average molecular weight is 531 g/mol. The highest BCUT2D eigenvalue weighted by Crippen LogP contribution is 2.47. The summed E-state index contributed by atoms with van der Waals surface area (Å²) in [7, 11) is 4.59. The van der Waals surface area contributed by atoms with Crippen molar-refractivity contribution in [3.63, 3.8) is 0 Å². The molecule has 9 nitrogen and oxygen atoms in total. The van der Waals surface area contributed by atoms with Crippen molar-refractivity contribution in [1.29, 1.82) is 0 Å². The summed E-state index contributed by atoms with van der Waals surface area (Å²) in [5.74, 6) is -2.33. The molecule has 0 aromatic heterocycles. The molecule has 2 fully saturated rings. The summed E-state index contributed by atoms with van der Waals surface area (Å²) in [6.45, 7) is 9.48. The number of fused-ring (bicyclic) bond motifs is 2. The number of methoxy groups -OCH3 is 3. The molecule has 2 aliphatic rings. The van der Waals surface area contributed by atoms with Gasteiger partial charge in [-0.1, -0.05) is 33.8 Å². The number of carbonyl (C=O) groups excluding carboxylic acids is 1. The van der Waals surface area contributed by atoms with E-state index in [9.17, 15) is 20.1 Å². The van der Waals surface area contributed by atoms with Gasteiger partial charge in [0.25, 0.3) is 0 Å². The Morgan fingerprint density at radius 3 is 2.35 bits per heavy atom. The molecule has 2 rings (SSSR count). The Hall–Kier alpha value is -1.07.